The SMILES string of the molecule is C[Si](C)(C)c1c(F)c(F)c(OC(c2ccccc2C#N)[Si](C)(C)C)c(F)c1F. The molecule has 0 fully saturated rings. The molecule has 0 N–H and O–H groups in total. The van der Waals surface area contributed by atoms with Crippen LogP contribution in [0.4, 0.5) is 17.6 Å². The van der Waals surface area contributed by atoms with Crippen LogP contribution >= 0.6 is 0 Å². The van der Waals surface area contributed by atoms with E-state index in [0.717, 1.165) is 0 Å². The summed E-state index contributed by atoms with van der Waals surface area (Å²) in [5.41, 5.74) is -0.141. The summed E-state index contributed by atoms with van der Waals surface area (Å²) in [7, 11) is -5.01. The summed E-state index contributed by atoms with van der Waals surface area (Å²) in [6.45, 7) is 10.4. The molecule has 150 valence electrons. The fourth-order valence-electron chi connectivity index (χ4n) is 3.03. The Hall–Kier alpha value is -2.12. The van der Waals surface area contributed by atoms with Gasteiger partial charge in [0.2, 0.25) is 11.6 Å². The number of halogens is 4. The van der Waals surface area contributed by atoms with E-state index in [1.54, 1.807) is 43.9 Å². The van der Waals surface area contributed by atoms with Gasteiger partial charge in [0, 0.05) is 10.8 Å². The van der Waals surface area contributed by atoms with Crippen molar-refractivity contribution in [2.24, 2.45) is 0 Å². The highest BCUT2D eigenvalue weighted by molar-refractivity contribution is 6.88. The third-order valence-electron chi connectivity index (χ3n) is 4.36. The van der Waals surface area contributed by atoms with E-state index in [1.165, 1.54) is 0 Å². The van der Waals surface area contributed by atoms with E-state index >= 15 is 0 Å². The van der Waals surface area contributed by atoms with Crippen LogP contribution in [0.15, 0.2) is 24.3 Å². The number of benzene rings is 2. The van der Waals surface area contributed by atoms with Crippen LogP contribution < -0.4 is 9.92 Å². The Morgan fingerprint density at radius 1 is 0.857 bits per heavy atom. The van der Waals surface area contributed by atoms with E-state index in [-0.39, 0.29) is 5.56 Å². The Balaban J connectivity index is 2.69. The van der Waals surface area contributed by atoms with Gasteiger partial charge in [-0.05, 0) is 6.07 Å². The number of ether oxygens (including phenoxy) is 1. The summed E-state index contributed by atoms with van der Waals surface area (Å²) in [6, 6.07) is 8.55. The molecule has 0 aliphatic carbocycles. The lowest BCUT2D eigenvalue weighted by Crippen LogP contribution is -2.44. The second kappa shape index (κ2) is 7.72. The lowest BCUT2D eigenvalue weighted by molar-refractivity contribution is 0.239. The first-order valence-electron chi connectivity index (χ1n) is 8.82. The average Bonchev–Trinajstić information content (AvgIpc) is 2.58. The minimum Gasteiger partial charge on any atom is -0.483 e. The van der Waals surface area contributed by atoms with Gasteiger partial charge < -0.3 is 4.74 Å². The highest BCUT2D eigenvalue weighted by Gasteiger charge is 2.38. The van der Waals surface area contributed by atoms with Crippen molar-refractivity contribution in [3.05, 3.63) is 58.7 Å². The number of hydrogen-bond acceptors (Lipinski definition) is 2. The number of nitriles is 1. The fourth-order valence-corrected chi connectivity index (χ4v) is 6.22. The number of nitrogens with zero attached hydrogens (tertiary/aromatic N) is 1. The molecule has 0 amide bonds. The molecule has 28 heavy (non-hydrogen) atoms. The van der Waals surface area contributed by atoms with Gasteiger partial charge in [-0.3, -0.25) is 0 Å². The molecule has 1 unspecified atom stereocenters. The van der Waals surface area contributed by atoms with Gasteiger partial charge in [0.05, 0.1) is 27.8 Å². The van der Waals surface area contributed by atoms with Crippen molar-refractivity contribution in [3.8, 4) is 11.8 Å². The van der Waals surface area contributed by atoms with Crippen LogP contribution in [0.1, 0.15) is 16.9 Å². The first-order valence-corrected chi connectivity index (χ1v) is 15.9. The lowest BCUT2D eigenvalue weighted by atomic mass is 10.1. The largest absolute Gasteiger partial charge is 0.483 e. The number of hydrogen-bond donors (Lipinski definition) is 0. The molecule has 2 aromatic rings. The van der Waals surface area contributed by atoms with Crippen molar-refractivity contribution in [1.82, 2.24) is 0 Å². The summed E-state index contributed by atoms with van der Waals surface area (Å²) >= 11 is 0. The molecule has 8 heteroatoms. The minimum atomic E-state index is -2.68. The minimum absolute atomic E-state index is 0.287. The summed E-state index contributed by atoms with van der Waals surface area (Å²) < 4.78 is 64.3. The molecule has 0 saturated carbocycles. The molecular formula is C20H23F4NOSi2. The van der Waals surface area contributed by atoms with Gasteiger partial charge in [0.15, 0.2) is 17.4 Å². The first kappa shape index (κ1) is 22.2. The molecule has 1 atom stereocenters. The van der Waals surface area contributed by atoms with Crippen LogP contribution in [-0.2, 0) is 0 Å². The summed E-state index contributed by atoms with van der Waals surface area (Å²) in [6.07, 6.45) is 0. The Kier molecular flexibility index (Phi) is 6.11. The van der Waals surface area contributed by atoms with Gasteiger partial charge >= 0.3 is 0 Å². The van der Waals surface area contributed by atoms with E-state index in [1.807, 2.05) is 25.7 Å². The molecule has 0 aliphatic rings. The topological polar surface area (TPSA) is 33.0 Å². The van der Waals surface area contributed by atoms with Crippen LogP contribution in [0.25, 0.3) is 0 Å². The van der Waals surface area contributed by atoms with Crippen molar-refractivity contribution in [2.45, 2.75) is 45.0 Å². The highest BCUT2D eigenvalue weighted by Crippen LogP contribution is 2.36. The fraction of sp³-hybridized carbons (Fsp3) is 0.350. The quantitative estimate of drug-likeness (QED) is 0.352. The molecule has 2 nitrogen and oxygen atoms in total. The normalized spacial score (nSPS) is 13.2. The van der Waals surface area contributed by atoms with Crippen LogP contribution in [0.3, 0.4) is 0 Å². The van der Waals surface area contributed by atoms with Gasteiger partial charge in [0.1, 0.15) is 5.73 Å². The molecule has 0 aromatic heterocycles. The Morgan fingerprint density at radius 2 is 1.36 bits per heavy atom. The van der Waals surface area contributed by atoms with Crippen LogP contribution in [-0.4, -0.2) is 16.1 Å². The molecule has 2 aromatic carbocycles. The summed E-state index contributed by atoms with van der Waals surface area (Å²) in [5.74, 6) is -6.95. The average molecular weight is 426 g/mol. The Labute approximate surface area is 164 Å². The van der Waals surface area contributed by atoms with Gasteiger partial charge in [-0.2, -0.15) is 14.0 Å². The van der Waals surface area contributed by atoms with Crippen LogP contribution in [0.5, 0.6) is 5.75 Å². The van der Waals surface area contributed by atoms with Gasteiger partial charge in [-0.15, -0.1) is 0 Å². The van der Waals surface area contributed by atoms with E-state index in [4.69, 9.17) is 4.74 Å². The van der Waals surface area contributed by atoms with Gasteiger partial charge in [0.25, 0.3) is 0 Å². The van der Waals surface area contributed by atoms with Crippen molar-refractivity contribution >= 4 is 21.3 Å². The first-order chi connectivity index (χ1) is 12.8. The van der Waals surface area contributed by atoms with Crippen LogP contribution in [0.2, 0.25) is 39.3 Å². The molecule has 0 aliphatic heterocycles. The third kappa shape index (κ3) is 4.15. The van der Waals surface area contributed by atoms with E-state index in [9.17, 15) is 22.8 Å². The molecule has 0 heterocycles. The maximum atomic E-state index is 14.7. The lowest BCUT2D eigenvalue weighted by Gasteiger charge is -2.31. The molecule has 0 spiro atoms. The maximum Gasteiger partial charge on any atom is 0.203 e. The summed E-state index contributed by atoms with van der Waals surface area (Å²) in [4.78, 5) is 0. The van der Waals surface area contributed by atoms with Crippen molar-refractivity contribution in [3.63, 3.8) is 0 Å². The highest BCUT2D eigenvalue weighted by atomic mass is 28.3. The molecule has 0 saturated heterocycles. The van der Waals surface area contributed by atoms with Crippen molar-refractivity contribution in [1.29, 1.82) is 5.26 Å². The van der Waals surface area contributed by atoms with E-state index < -0.39 is 56.1 Å². The molecule has 0 bridgehead atoms. The molecule has 2 rings (SSSR count). The zero-order valence-electron chi connectivity index (χ0n) is 16.8. The standard InChI is InChI=1S/C20H23F4NOSi2/c1-27(2,3)19-16(23)14(21)18(15(22)17(19)24)26-20(28(4,5)6)13-10-8-7-9-12(13)11-25/h7-10,20H,1-6H3. The smallest absolute Gasteiger partial charge is 0.203 e. The second-order valence-electron chi connectivity index (χ2n) is 8.77. The molecule has 0 radical (unpaired) electrons. The number of rotatable bonds is 5. The Morgan fingerprint density at radius 3 is 1.79 bits per heavy atom. The zero-order valence-corrected chi connectivity index (χ0v) is 18.8. The summed E-state index contributed by atoms with van der Waals surface area (Å²) in [5, 5.41) is 8.84. The van der Waals surface area contributed by atoms with E-state index in [0.29, 0.717) is 5.56 Å². The van der Waals surface area contributed by atoms with Crippen molar-refractivity contribution in [2.75, 3.05) is 0 Å². The predicted octanol–water partition coefficient (Wildman–Crippen LogP) is 5.66. The van der Waals surface area contributed by atoms with E-state index in [2.05, 4.69) is 0 Å². The van der Waals surface area contributed by atoms with Crippen molar-refractivity contribution < 1.29 is 22.3 Å². The zero-order chi connectivity index (χ0) is 21.4. The third-order valence-corrected chi connectivity index (χ3v) is 8.30. The van der Waals surface area contributed by atoms with Crippen LogP contribution in [0, 0.1) is 34.6 Å². The van der Waals surface area contributed by atoms with Gasteiger partial charge in [-0.1, -0.05) is 57.5 Å². The predicted molar refractivity (Wildman–Crippen MR) is 107 cm³/mol. The Bertz CT molecular complexity index is 914. The monoisotopic (exact) mass is 425 g/mol. The maximum absolute atomic E-state index is 14.7. The second-order valence-corrected chi connectivity index (χ2v) is 19.0. The van der Waals surface area contributed by atoms with Gasteiger partial charge in [-0.25, -0.2) is 8.78 Å². The molecular weight excluding hydrogens is 402 g/mol.